The van der Waals surface area contributed by atoms with Crippen molar-refractivity contribution in [3.05, 3.63) is 58.6 Å². The van der Waals surface area contributed by atoms with E-state index in [-0.39, 0.29) is 10.6 Å². The van der Waals surface area contributed by atoms with E-state index in [0.717, 1.165) is 4.31 Å². The third-order valence-electron chi connectivity index (χ3n) is 3.03. The number of sulfonamides is 1. The van der Waals surface area contributed by atoms with Gasteiger partial charge >= 0.3 is 0 Å². The van der Waals surface area contributed by atoms with E-state index in [1.54, 1.807) is 30.3 Å². The van der Waals surface area contributed by atoms with Crippen LogP contribution in [0.4, 0.5) is 5.69 Å². The fourth-order valence-electron chi connectivity index (χ4n) is 1.89. The lowest BCUT2D eigenvalue weighted by Crippen LogP contribution is -2.22. The number of nitro groups is 1. The van der Waals surface area contributed by atoms with Gasteiger partial charge in [0.2, 0.25) is 10.0 Å². The maximum absolute atomic E-state index is 12.3. The van der Waals surface area contributed by atoms with Crippen LogP contribution in [0.1, 0.15) is 0 Å². The smallest absolute Gasteiger partial charge is 0.258 e. The highest BCUT2D eigenvalue weighted by molar-refractivity contribution is 7.89. The van der Waals surface area contributed by atoms with E-state index in [4.69, 9.17) is 0 Å². The Hall–Kier alpha value is -2.25. The molecule has 0 saturated heterocycles. The summed E-state index contributed by atoms with van der Waals surface area (Å²) in [6.07, 6.45) is 0. The third kappa shape index (κ3) is 2.93. The molecule has 6 nitrogen and oxygen atoms in total. The van der Waals surface area contributed by atoms with E-state index >= 15 is 0 Å². The van der Waals surface area contributed by atoms with Crippen molar-refractivity contribution < 1.29 is 13.3 Å². The minimum atomic E-state index is -3.58. The van der Waals surface area contributed by atoms with Crippen LogP contribution in [0.15, 0.2) is 53.4 Å². The molecule has 2 rings (SSSR count). The summed E-state index contributed by atoms with van der Waals surface area (Å²) in [6.45, 7) is 0. The fourth-order valence-corrected chi connectivity index (χ4v) is 3.00. The summed E-state index contributed by atoms with van der Waals surface area (Å²) in [4.78, 5) is 10.3. The normalized spacial score (nSPS) is 11.6. The number of nitrogens with zero attached hydrogens (tertiary/aromatic N) is 2. The summed E-state index contributed by atoms with van der Waals surface area (Å²) in [6, 6.07) is 12.4. The minimum Gasteiger partial charge on any atom is -0.258 e. The van der Waals surface area contributed by atoms with Crippen LogP contribution in [0, 0.1) is 10.1 Å². The van der Waals surface area contributed by atoms with Gasteiger partial charge in [0.15, 0.2) is 0 Å². The van der Waals surface area contributed by atoms with Crippen LogP contribution in [-0.2, 0) is 10.0 Å². The summed E-state index contributed by atoms with van der Waals surface area (Å²) in [5.41, 5.74) is 1.09. The van der Waals surface area contributed by atoms with Crippen molar-refractivity contribution in [2.24, 2.45) is 0 Å². The maximum Gasteiger partial charge on any atom is 0.269 e. The predicted molar refractivity (Wildman–Crippen MR) is 79.4 cm³/mol. The molecule has 0 aliphatic heterocycles. The molecule has 0 unspecified atom stereocenters. The summed E-state index contributed by atoms with van der Waals surface area (Å²) >= 11 is 0. The molecule has 0 aromatic heterocycles. The highest BCUT2D eigenvalue weighted by Gasteiger charge is 2.21. The second-order valence-corrected chi connectivity index (χ2v) is 6.71. The Kier molecular flexibility index (Phi) is 4.06. The predicted octanol–water partition coefficient (Wildman–Crippen LogP) is 2.51. The molecule has 7 heteroatoms. The van der Waals surface area contributed by atoms with Crippen LogP contribution < -0.4 is 0 Å². The standard InChI is InChI=1S/C14H14N2O4S/c1-15(2)21(19,20)14-6-4-3-5-13(14)11-7-9-12(10-8-11)16(17)18/h3-10H,1-2H3. The zero-order valence-electron chi connectivity index (χ0n) is 11.6. The van der Waals surface area contributed by atoms with Crippen LogP contribution in [-0.4, -0.2) is 31.7 Å². The number of hydrogen-bond acceptors (Lipinski definition) is 4. The first kappa shape index (κ1) is 15.1. The Morgan fingerprint density at radius 1 is 1.00 bits per heavy atom. The molecule has 0 fully saturated rings. The van der Waals surface area contributed by atoms with Gasteiger partial charge in [0.25, 0.3) is 5.69 Å². The maximum atomic E-state index is 12.3. The van der Waals surface area contributed by atoms with Crippen LogP contribution in [0.2, 0.25) is 0 Å². The van der Waals surface area contributed by atoms with Crippen molar-refractivity contribution in [2.45, 2.75) is 4.90 Å². The molecule has 0 heterocycles. The Morgan fingerprint density at radius 3 is 2.10 bits per heavy atom. The summed E-state index contributed by atoms with van der Waals surface area (Å²) in [5.74, 6) is 0. The molecule has 0 aliphatic carbocycles. The molecular formula is C14H14N2O4S. The van der Waals surface area contributed by atoms with Gasteiger partial charge in [-0.15, -0.1) is 0 Å². The zero-order chi connectivity index (χ0) is 15.6. The van der Waals surface area contributed by atoms with Gasteiger partial charge in [-0.05, 0) is 23.8 Å². The molecule has 0 bridgehead atoms. The Bertz CT molecular complexity index is 768. The van der Waals surface area contributed by atoms with Crippen LogP contribution in [0.3, 0.4) is 0 Å². The SMILES string of the molecule is CN(C)S(=O)(=O)c1ccccc1-c1ccc([N+](=O)[O-])cc1. The molecular weight excluding hydrogens is 292 g/mol. The highest BCUT2D eigenvalue weighted by atomic mass is 32.2. The van der Waals surface area contributed by atoms with Gasteiger partial charge in [-0.25, -0.2) is 12.7 Å². The number of non-ortho nitro benzene ring substituents is 1. The second-order valence-electron chi connectivity index (χ2n) is 4.59. The Balaban J connectivity index is 2.58. The molecule has 0 aliphatic rings. The van der Waals surface area contributed by atoms with E-state index in [1.165, 1.54) is 32.3 Å². The lowest BCUT2D eigenvalue weighted by Gasteiger charge is -2.15. The first-order valence-corrected chi connectivity index (χ1v) is 7.54. The van der Waals surface area contributed by atoms with Gasteiger partial charge in [0.1, 0.15) is 0 Å². The van der Waals surface area contributed by atoms with Crippen molar-refractivity contribution in [3.8, 4) is 11.1 Å². The quantitative estimate of drug-likeness (QED) is 0.642. The average molecular weight is 306 g/mol. The lowest BCUT2D eigenvalue weighted by atomic mass is 10.1. The summed E-state index contributed by atoms with van der Waals surface area (Å²) < 4.78 is 25.8. The molecule has 0 saturated carbocycles. The first-order chi connectivity index (χ1) is 9.84. The monoisotopic (exact) mass is 306 g/mol. The zero-order valence-corrected chi connectivity index (χ0v) is 12.4. The topological polar surface area (TPSA) is 80.5 Å². The van der Waals surface area contributed by atoms with Gasteiger partial charge in [0, 0.05) is 31.8 Å². The van der Waals surface area contributed by atoms with Crippen molar-refractivity contribution in [1.29, 1.82) is 0 Å². The van der Waals surface area contributed by atoms with Crippen molar-refractivity contribution in [1.82, 2.24) is 4.31 Å². The second kappa shape index (κ2) is 5.63. The van der Waals surface area contributed by atoms with Crippen molar-refractivity contribution in [3.63, 3.8) is 0 Å². The molecule has 2 aromatic rings. The van der Waals surface area contributed by atoms with Gasteiger partial charge in [-0.3, -0.25) is 10.1 Å². The largest absolute Gasteiger partial charge is 0.269 e. The molecule has 0 radical (unpaired) electrons. The van der Waals surface area contributed by atoms with E-state index in [1.807, 2.05) is 0 Å². The first-order valence-electron chi connectivity index (χ1n) is 6.10. The Labute approximate surface area is 122 Å². The van der Waals surface area contributed by atoms with Gasteiger partial charge in [-0.1, -0.05) is 18.2 Å². The molecule has 110 valence electrons. The number of rotatable bonds is 4. The number of hydrogen-bond donors (Lipinski definition) is 0. The highest BCUT2D eigenvalue weighted by Crippen LogP contribution is 2.29. The lowest BCUT2D eigenvalue weighted by molar-refractivity contribution is -0.384. The van der Waals surface area contributed by atoms with Crippen LogP contribution >= 0.6 is 0 Å². The third-order valence-corrected chi connectivity index (χ3v) is 4.91. The number of nitro benzene ring substituents is 1. The summed E-state index contributed by atoms with van der Waals surface area (Å²) in [7, 11) is -0.662. The Morgan fingerprint density at radius 2 is 1.57 bits per heavy atom. The van der Waals surface area contributed by atoms with Gasteiger partial charge in [-0.2, -0.15) is 0 Å². The average Bonchev–Trinajstić information content (AvgIpc) is 2.47. The molecule has 0 spiro atoms. The molecule has 0 amide bonds. The molecule has 21 heavy (non-hydrogen) atoms. The van der Waals surface area contributed by atoms with E-state index < -0.39 is 14.9 Å². The van der Waals surface area contributed by atoms with Crippen LogP contribution in [0.5, 0.6) is 0 Å². The molecule has 0 atom stereocenters. The van der Waals surface area contributed by atoms with Gasteiger partial charge < -0.3 is 0 Å². The fraction of sp³-hybridized carbons (Fsp3) is 0.143. The molecule has 0 N–H and O–H groups in total. The number of benzene rings is 2. The van der Waals surface area contributed by atoms with E-state index in [9.17, 15) is 18.5 Å². The van der Waals surface area contributed by atoms with Crippen molar-refractivity contribution >= 4 is 15.7 Å². The minimum absolute atomic E-state index is 0.0355. The van der Waals surface area contributed by atoms with Crippen molar-refractivity contribution in [2.75, 3.05) is 14.1 Å². The van der Waals surface area contributed by atoms with E-state index in [0.29, 0.717) is 11.1 Å². The van der Waals surface area contributed by atoms with Crippen LogP contribution in [0.25, 0.3) is 11.1 Å². The van der Waals surface area contributed by atoms with Gasteiger partial charge in [0.05, 0.1) is 9.82 Å². The molecule has 2 aromatic carbocycles. The van der Waals surface area contributed by atoms with E-state index in [2.05, 4.69) is 0 Å². The summed E-state index contributed by atoms with van der Waals surface area (Å²) in [5, 5.41) is 10.7.